The predicted molar refractivity (Wildman–Crippen MR) is 93.8 cm³/mol. The molecule has 0 saturated heterocycles. The molecule has 0 bridgehead atoms. The van der Waals surface area contributed by atoms with Gasteiger partial charge in [-0.3, -0.25) is 0 Å². The van der Waals surface area contributed by atoms with Gasteiger partial charge >= 0.3 is 0 Å². The quantitative estimate of drug-likeness (QED) is 0.703. The minimum Gasteiger partial charge on any atom is -0.314 e. The van der Waals surface area contributed by atoms with Crippen LogP contribution in [0.2, 0.25) is 0 Å². The zero-order valence-electron chi connectivity index (χ0n) is 13.7. The first kappa shape index (κ1) is 16.0. The smallest absolute Gasteiger partial charge is 0.0108 e. The van der Waals surface area contributed by atoms with Crippen LogP contribution in [0.1, 0.15) is 45.6 Å². The summed E-state index contributed by atoms with van der Waals surface area (Å²) in [5.41, 5.74) is 1.48. The zero-order valence-corrected chi connectivity index (χ0v) is 13.7. The Kier molecular flexibility index (Phi) is 6.25. The second-order valence-electron chi connectivity index (χ2n) is 6.46. The highest BCUT2D eigenvalue weighted by molar-refractivity contribution is 5.85. The number of rotatable bonds is 8. The first-order chi connectivity index (χ1) is 10.2. The molecule has 0 heterocycles. The molecule has 21 heavy (non-hydrogen) atoms. The van der Waals surface area contributed by atoms with Gasteiger partial charge in [0, 0.05) is 6.04 Å². The van der Waals surface area contributed by atoms with E-state index in [0.29, 0.717) is 6.04 Å². The average molecular weight is 283 g/mol. The summed E-state index contributed by atoms with van der Waals surface area (Å²) in [6.07, 6.45) is 4.90. The van der Waals surface area contributed by atoms with E-state index in [9.17, 15) is 0 Å². The molecule has 0 amide bonds. The summed E-state index contributed by atoms with van der Waals surface area (Å²) in [7, 11) is 0. The van der Waals surface area contributed by atoms with E-state index >= 15 is 0 Å². The maximum atomic E-state index is 3.74. The third-order valence-corrected chi connectivity index (χ3v) is 4.12. The van der Waals surface area contributed by atoms with E-state index in [-0.39, 0.29) is 0 Å². The summed E-state index contributed by atoms with van der Waals surface area (Å²) in [5, 5.41) is 6.50. The van der Waals surface area contributed by atoms with Gasteiger partial charge in [0.05, 0.1) is 0 Å². The van der Waals surface area contributed by atoms with Crippen molar-refractivity contribution in [1.82, 2.24) is 5.32 Å². The van der Waals surface area contributed by atoms with E-state index in [4.69, 9.17) is 0 Å². The summed E-state index contributed by atoms with van der Waals surface area (Å²) in [6, 6.07) is 16.0. The molecule has 0 spiro atoms. The van der Waals surface area contributed by atoms with E-state index in [1.807, 2.05) is 0 Å². The Bertz CT molecular complexity index is 539. The SMILES string of the molecule is CCCNC(CCC(C)C)Cc1cccc2ccccc12. The van der Waals surface area contributed by atoms with Crippen LogP contribution >= 0.6 is 0 Å². The third-order valence-electron chi connectivity index (χ3n) is 4.12. The highest BCUT2D eigenvalue weighted by atomic mass is 14.9. The first-order valence-corrected chi connectivity index (χ1v) is 8.40. The molecule has 0 aromatic heterocycles. The van der Waals surface area contributed by atoms with Crippen LogP contribution < -0.4 is 5.32 Å². The number of fused-ring (bicyclic) bond motifs is 1. The molecule has 1 N–H and O–H groups in total. The van der Waals surface area contributed by atoms with Crippen LogP contribution in [0.4, 0.5) is 0 Å². The van der Waals surface area contributed by atoms with Crippen LogP contribution in [-0.4, -0.2) is 12.6 Å². The Morgan fingerprint density at radius 2 is 1.71 bits per heavy atom. The Morgan fingerprint density at radius 3 is 2.48 bits per heavy atom. The molecule has 1 unspecified atom stereocenters. The molecular formula is C20H29N. The number of hydrogen-bond donors (Lipinski definition) is 1. The van der Waals surface area contributed by atoms with E-state index in [1.54, 1.807) is 0 Å². The highest BCUT2D eigenvalue weighted by Gasteiger charge is 2.11. The fraction of sp³-hybridized carbons (Fsp3) is 0.500. The van der Waals surface area contributed by atoms with Gasteiger partial charge in [0.2, 0.25) is 0 Å². The molecule has 2 aromatic rings. The third kappa shape index (κ3) is 4.86. The van der Waals surface area contributed by atoms with Gasteiger partial charge in [-0.25, -0.2) is 0 Å². The molecule has 114 valence electrons. The Labute approximate surface area is 129 Å². The lowest BCUT2D eigenvalue weighted by Crippen LogP contribution is -2.32. The van der Waals surface area contributed by atoms with Crippen molar-refractivity contribution in [2.45, 2.75) is 52.5 Å². The van der Waals surface area contributed by atoms with Crippen LogP contribution in [0.5, 0.6) is 0 Å². The fourth-order valence-electron chi connectivity index (χ4n) is 2.90. The van der Waals surface area contributed by atoms with Crippen LogP contribution in [0.15, 0.2) is 42.5 Å². The van der Waals surface area contributed by atoms with Gasteiger partial charge in [0.15, 0.2) is 0 Å². The molecule has 2 aromatic carbocycles. The number of hydrogen-bond acceptors (Lipinski definition) is 1. The molecule has 0 radical (unpaired) electrons. The average Bonchev–Trinajstić information content (AvgIpc) is 2.50. The second kappa shape index (κ2) is 8.19. The highest BCUT2D eigenvalue weighted by Crippen LogP contribution is 2.21. The summed E-state index contributed by atoms with van der Waals surface area (Å²) in [6.45, 7) is 7.99. The maximum Gasteiger partial charge on any atom is 0.0108 e. The molecule has 0 aliphatic heterocycles. The summed E-state index contributed by atoms with van der Waals surface area (Å²) >= 11 is 0. The van der Waals surface area contributed by atoms with E-state index < -0.39 is 0 Å². The van der Waals surface area contributed by atoms with E-state index in [2.05, 4.69) is 68.6 Å². The fourth-order valence-corrected chi connectivity index (χ4v) is 2.90. The molecule has 1 atom stereocenters. The zero-order chi connectivity index (χ0) is 15.1. The van der Waals surface area contributed by atoms with E-state index in [1.165, 1.54) is 35.6 Å². The summed E-state index contributed by atoms with van der Waals surface area (Å²) < 4.78 is 0. The van der Waals surface area contributed by atoms with E-state index in [0.717, 1.165) is 18.9 Å². The lowest BCUT2D eigenvalue weighted by Gasteiger charge is -2.20. The van der Waals surface area contributed by atoms with Crippen molar-refractivity contribution in [2.75, 3.05) is 6.54 Å². The molecule has 0 saturated carbocycles. The van der Waals surface area contributed by atoms with Crippen LogP contribution in [0.3, 0.4) is 0 Å². The Hall–Kier alpha value is -1.34. The summed E-state index contributed by atoms with van der Waals surface area (Å²) in [4.78, 5) is 0. The Morgan fingerprint density at radius 1 is 0.952 bits per heavy atom. The van der Waals surface area contributed by atoms with Crippen LogP contribution in [-0.2, 0) is 6.42 Å². The van der Waals surface area contributed by atoms with Gasteiger partial charge in [-0.1, -0.05) is 63.2 Å². The first-order valence-electron chi connectivity index (χ1n) is 8.40. The van der Waals surface area contributed by atoms with Crippen molar-refractivity contribution >= 4 is 10.8 Å². The van der Waals surface area contributed by atoms with Crippen molar-refractivity contribution in [3.05, 3.63) is 48.0 Å². The van der Waals surface area contributed by atoms with Gasteiger partial charge in [-0.05, 0) is 54.5 Å². The minimum absolute atomic E-state index is 0.596. The van der Waals surface area contributed by atoms with Gasteiger partial charge in [-0.2, -0.15) is 0 Å². The van der Waals surface area contributed by atoms with Crippen molar-refractivity contribution in [1.29, 1.82) is 0 Å². The largest absolute Gasteiger partial charge is 0.314 e. The molecule has 1 nitrogen and oxygen atoms in total. The van der Waals surface area contributed by atoms with Crippen molar-refractivity contribution in [2.24, 2.45) is 5.92 Å². The molecular weight excluding hydrogens is 254 g/mol. The van der Waals surface area contributed by atoms with Gasteiger partial charge < -0.3 is 5.32 Å². The van der Waals surface area contributed by atoms with Crippen molar-refractivity contribution in [3.8, 4) is 0 Å². The van der Waals surface area contributed by atoms with Gasteiger partial charge in [0.1, 0.15) is 0 Å². The normalized spacial score (nSPS) is 13.0. The van der Waals surface area contributed by atoms with Crippen molar-refractivity contribution < 1.29 is 0 Å². The number of nitrogens with one attached hydrogen (secondary N) is 1. The number of benzene rings is 2. The Balaban J connectivity index is 2.13. The van der Waals surface area contributed by atoms with Gasteiger partial charge in [0.25, 0.3) is 0 Å². The van der Waals surface area contributed by atoms with Gasteiger partial charge in [-0.15, -0.1) is 0 Å². The monoisotopic (exact) mass is 283 g/mol. The molecule has 0 aliphatic carbocycles. The van der Waals surface area contributed by atoms with Crippen molar-refractivity contribution in [3.63, 3.8) is 0 Å². The molecule has 2 rings (SSSR count). The molecule has 0 fully saturated rings. The lowest BCUT2D eigenvalue weighted by molar-refractivity contribution is 0.428. The predicted octanol–water partition coefficient (Wildman–Crippen LogP) is 5.19. The standard InChI is InChI=1S/C20H29N/c1-4-14-21-19(13-12-16(2)3)15-18-10-7-9-17-8-5-6-11-20(17)18/h5-11,16,19,21H,4,12-15H2,1-3H3. The molecule has 0 aliphatic rings. The minimum atomic E-state index is 0.596. The topological polar surface area (TPSA) is 12.0 Å². The lowest BCUT2D eigenvalue weighted by atomic mass is 9.94. The van der Waals surface area contributed by atoms with Crippen LogP contribution in [0, 0.1) is 5.92 Å². The maximum absolute atomic E-state index is 3.74. The molecule has 1 heteroatoms. The van der Waals surface area contributed by atoms with Crippen LogP contribution in [0.25, 0.3) is 10.8 Å². The summed E-state index contributed by atoms with van der Waals surface area (Å²) in [5.74, 6) is 0.781. The second-order valence-corrected chi connectivity index (χ2v) is 6.46.